The Balaban J connectivity index is 1.68. The number of amides is 2. The van der Waals surface area contributed by atoms with Crippen molar-refractivity contribution in [3.63, 3.8) is 0 Å². The molecule has 2 aromatic rings. The first-order chi connectivity index (χ1) is 12.5. The van der Waals surface area contributed by atoms with Crippen LogP contribution in [0, 0.1) is 0 Å². The summed E-state index contributed by atoms with van der Waals surface area (Å²) in [4.78, 5) is 23.7. The average molecular weight is 425 g/mol. The van der Waals surface area contributed by atoms with Gasteiger partial charge in [0.1, 0.15) is 0 Å². The highest BCUT2D eigenvalue weighted by Gasteiger charge is 2.10. The molecule has 0 aliphatic carbocycles. The Morgan fingerprint density at radius 3 is 2.42 bits per heavy atom. The third kappa shape index (κ3) is 5.80. The van der Waals surface area contributed by atoms with E-state index in [4.69, 9.17) is 13.9 Å². The maximum atomic E-state index is 11.9. The minimum atomic E-state index is -0.324. The predicted octanol–water partition coefficient (Wildman–Crippen LogP) is 2.54. The van der Waals surface area contributed by atoms with Crippen molar-refractivity contribution in [2.45, 2.75) is 12.8 Å². The van der Waals surface area contributed by atoms with E-state index in [0.717, 1.165) is 5.56 Å². The third-order valence-corrected chi connectivity index (χ3v) is 4.04. The SMILES string of the molecule is COc1ccc(CCC(=O)NCCNC(=O)c2ccc(Br)o2)cc1OC. The van der Waals surface area contributed by atoms with Crippen molar-refractivity contribution >= 4 is 27.7 Å². The van der Waals surface area contributed by atoms with Gasteiger partial charge in [0.15, 0.2) is 21.9 Å². The monoisotopic (exact) mass is 424 g/mol. The van der Waals surface area contributed by atoms with Gasteiger partial charge in [0, 0.05) is 19.5 Å². The van der Waals surface area contributed by atoms with Gasteiger partial charge in [-0.25, -0.2) is 0 Å². The summed E-state index contributed by atoms with van der Waals surface area (Å²) in [5.41, 5.74) is 0.981. The number of carbonyl (C=O) groups excluding carboxylic acids is 2. The molecule has 2 amide bonds. The van der Waals surface area contributed by atoms with Crippen LogP contribution in [0.2, 0.25) is 0 Å². The Morgan fingerprint density at radius 1 is 1.04 bits per heavy atom. The van der Waals surface area contributed by atoms with Crippen LogP contribution in [-0.2, 0) is 11.2 Å². The van der Waals surface area contributed by atoms with Gasteiger partial charge in [0.25, 0.3) is 5.91 Å². The van der Waals surface area contributed by atoms with Crippen molar-refractivity contribution in [3.8, 4) is 11.5 Å². The Labute approximate surface area is 160 Å². The largest absolute Gasteiger partial charge is 0.493 e. The molecule has 1 aromatic heterocycles. The number of furan rings is 1. The number of aryl methyl sites for hydroxylation is 1. The molecule has 0 unspecified atom stereocenters. The van der Waals surface area contributed by atoms with Crippen molar-refractivity contribution in [1.29, 1.82) is 0 Å². The van der Waals surface area contributed by atoms with E-state index in [-0.39, 0.29) is 17.6 Å². The molecule has 26 heavy (non-hydrogen) atoms. The lowest BCUT2D eigenvalue weighted by molar-refractivity contribution is -0.121. The van der Waals surface area contributed by atoms with Gasteiger partial charge in [-0.15, -0.1) is 0 Å². The maximum Gasteiger partial charge on any atom is 0.287 e. The van der Waals surface area contributed by atoms with Gasteiger partial charge in [0.2, 0.25) is 5.91 Å². The van der Waals surface area contributed by atoms with Crippen LogP contribution in [0.5, 0.6) is 11.5 Å². The number of hydrogen-bond acceptors (Lipinski definition) is 5. The lowest BCUT2D eigenvalue weighted by Gasteiger charge is -2.10. The molecule has 0 bridgehead atoms. The van der Waals surface area contributed by atoms with Crippen LogP contribution in [0.15, 0.2) is 39.4 Å². The molecule has 7 nitrogen and oxygen atoms in total. The summed E-state index contributed by atoms with van der Waals surface area (Å²) in [7, 11) is 3.15. The number of carbonyl (C=O) groups is 2. The molecule has 0 atom stereocenters. The van der Waals surface area contributed by atoms with Crippen LogP contribution in [0.1, 0.15) is 22.5 Å². The average Bonchev–Trinajstić information content (AvgIpc) is 3.09. The number of rotatable bonds is 9. The van der Waals surface area contributed by atoms with Crippen LogP contribution in [-0.4, -0.2) is 39.1 Å². The van der Waals surface area contributed by atoms with Crippen molar-refractivity contribution < 1.29 is 23.5 Å². The van der Waals surface area contributed by atoms with Crippen LogP contribution in [0.3, 0.4) is 0 Å². The molecule has 0 radical (unpaired) electrons. The number of hydrogen-bond donors (Lipinski definition) is 2. The zero-order valence-corrected chi connectivity index (χ0v) is 16.2. The Bertz CT molecular complexity index is 760. The molecule has 1 aromatic carbocycles. The van der Waals surface area contributed by atoms with E-state index in [1.807, 2.05) is 18.2 Å². The summed E-state index contributed by atoms with van der Waals surface area (Å²) in [6.45, 7) is 0.664. The highest BCUT2D eigenvalue weighted by atomic mass is 79.9. The topological polar surface area (TPSA) is 89.8 Å². The van der Waals surface area contributed by atoms with Crippen molar-refractivity contribution in [3.05, 3.63) is 46.3 Å². The van der Waals surface area contributed by atoms with Gasteiger partial charge in [-0.3, -0.25) is 9.59 Å². The minimum absolute atomic E-state index is 0.0882. The second kappa shape index (κ2) is 9.86. The molecule has 0 spiro atoms. The standard InChI is InChI=1S/C18H21BrN2O5/c1-24-13-5-3-12(11-15(13)25-2)4-8-17(22)20-9-10-21-18(23)14-6-7-16(19)26-14/h3,5-7,11H,4,8-10H2,1-2H3,(H,20,22)(H,21,23). The molecular weight excluding hydrogens is 404 g/mol. The van der Waals surface area contributed by atoms with Gasteiger partial charge in [0.05, 0.1) is 14.2 Å². The first-order valence-corrected chi connectivity index (χ1v) is 8.84. The van der Waals surface area contributed by atoms with Crippen LogP contribution in [0.25, 0.3) is 0 Å². The zero-order valence-electron chi connectivity index (χ0n) is 14.6. The molecular formula is C18H21BrN2O5. The van der Waals surface area contributed by atoms with E-state index in [0.29, 0.717) is 42.1 Å². The smallest absolute Gasteiger partial charge is 0.287 e. The quantitative estimate of drug-likeness (QED) is 0.603. The van der Waals surface area contributed by atoms with Gasteiger partial charge in [-0.2, -0.15) is 0 Å². The van der Waals surface area contributed by atoms with Crippen molar-refractivity contribution in [2.24, 2.45) is 0 Å². The summed E-state index contributed by atoms with van der Waals surface area (Å²) in [6.07, 6.45) is 0.924. The normalized spacial score (nSPS) is 10.3. The van der Waals surface area contributed by atoms with Gasteiger partial charge < -0.3 is 24.5 Å². The summed E-state index contributed by atoms with van der Waals surface area (Å²) < 4.78 is 16.1. The van der Waals surface area contributed by atoms with E-state index < -0.39 is 0 Å². The number of benzene rings is 1. The van der Waals surface area contributed by atoms with Gasteiger partial charge >= 0.3 is 0 Å². The first-order valence-electron chi connectivity index (χ1n) is 8.04. The molecule has 0 aliphatic rings. The number of methoxy groups -OCH3 is 2. The fourth-order valence-corrected chi connectivity index (χ4v) is 2.59. The minimum Gasteiger partial charge on any atom is -0.493 e. The molecule has 0 fully saturated rings. The van der Waals surface area contributed by atoms with Gasteiger partial charge in [-0.05, 0) is 52.2 Å². The molecule has 0 aliphatic heterocycles. The number of ether oxygens (including phenoxy) is 2. The Morgan fingerprint density at radius 2 is 1.77 bits per heavy atom. The highest BCUT2D eigenvalue weighted by molar-refractivity contribution is 9.10. The summed E-state index contributed by atoms with van der Waals surface area (Å²) in [6, 6.07) is 8.78. The fourth-order valence-electron chi connectivity index (χ4n) is 2.28. The van der Waals surface area contributed by atoms with Crippen molar-refractivity contribution in [2.75, 3.05) is 27.3 Å². The molecule has 2 rings (SSSR count). The highest BCUT2D eigenvalue weighted by Crippen LogP contribution is 2.27. The summed E-state index contributed by atoms with van der Waals surface area (Å²) >= 11 is 3.14. The second-order valence-corrected chi connectivity index (χ2v) is 6.18. The zero-order chi connectivity index (χ0) is 18.9. The summed E-state index contributed by atoms with van der Waals surface area (Å²) in [5, 5.41) is 5.44. The summed E-state index contributed by atoms with van der Waals surface area (Å²) in [5.74, 6) is 1.10. The second-order valence-electron chi connectivity index (χ2n) is 5.40. The molecule has 8 heteroatoms. The van der Waals surface area contributed by atoms with Gasteiger partial charge in [-0.1, -0.05) is 6.07 Å². The van der Waals surface area contributed by atoms with E-state index >= 15 is 0 Å². The maximum absolute atomic E-state index is 11.9. The molecule has 140 valence electrons. The molecule has 1 heterocycles. The van der Waals surface area contributed by atoms with E-state index in [1.165, 1.54) is 0 Å². The van der Waals surface area contributed by atoms with Crippen LogP contribution < -0.4 is 20.1 Å². The molecule has 0 saturated carbocycles. The fraction of sp³-hybridized carbons (Fsp3) is 0.333. The van der Waals surface area contributed by atoms with Crippen molar-refractivity contribution in [1.82, 2.24) is 10.6 Å². The lowest BCUT2D eigenvalue weighted by Crippen LogP contribution is -2.34. The Kier molecular flexibility index (Phi) is 7.53. The molecule has 2 N–H and O–H groups in total. The molecule has 0 saturated heterocycles. The number of nitrogens with one attached hydrogen (secondary N) is 2. The number of halogens is 1. The van der Waals surface area contributed by atoms with Crippen LogP contribution >= 0.6 is 15.9 Å². The first kappa shape index (κ1) is 19.8. The third-order valence-electron chi connectivity index (χ3n) is 3.62. The van der Waals surface area contributed by atoms with E-state index in [2.05, 4.69) is 26.6 Å². The van der Waals surface area contributed by atoms with E-state index in [1.54, 1.807) is 26.4 Å². The van der Waals surface area contributed by atoms with Crippen LogP contribution in [0.4, 0.5) is 0 Å². The lowest BCUT2D eigenvalue weighted by atomic mass is 10.1. The Hall–Kier alpha value is -2.48. The van der Waals surface area contributed by atoms with E-state index in [9.17, 15) is 9.59 Å². The predicted molar refractivity (Wildman–Crippen MR) is 99.6 cm³/mol.